The minimum atomic E-state index is 0.161. The quantitative estimate of drug-likeness (QED) is 0.817. The first-order chi connectivity index (χ1) is 9.24. The number of hydrogen-bond donors (Lipinski definition) is 1. The van der Waals surface area contributed by atoms with E-state index in [2.05, 4.69) is 32.2 Å². The van der Waals surface area contributed by atoms with E-state index >= 15 is 0 Å². The lowest BCUT2D eigenvalue weighted by Crippen LogP contribution is -2.44. The molecule has 0 bridgehead atoms. The zero-order valence-electron chi connectivity index (χ0n) is 11.3. The van der Waals surface area contributed by atoms with Crippen LogP contribution in [-0.2, 0) is 17.8 Å². The summed E-state index contributed by atoms with van der Waals surface area (Å²) < 4.78 is 2.12. The third-order valence-electron chi connectivity index (χ3n) is 4.12. The van der Waals surface area contributed by atoms with E-state index < -0.39 is 0 Å². The largest absolute Gasteiger partial charge is 0.351 e. The van der Waals surface area contributed by atoms with Crippen molar-refractivity contribution in [2.24, 2.45) is 5.92 Å². The molecule has 1 aliphatic carbocycles. The summed E-state index contributed by atoms with van der Waals surface area (Å²) >= 11 is 0. The van der Waals surface area contributed by atoms with E-state index in [1.165, 1.54) is 0 Å². The fourth-order valence-electron chi connectivity index (χ4n) is 2.93. The molecule has 2 heterocycles. The molecule has 1 aliphatic heterocycles. The molecule has 0 radical (unpaired) electrons. The first kappa shape index (κ1) is 12.4. The molecule has 0 saturated heterocycles. The Hall–Kier alpha value is -1.65. The molecule has 0 aromatic carbocycles. The minimum Gasteiger partial charge on any atom is -0.351 e. The van der Waals surface area contributed by atoms with Gasteiger partial charge in [0.05, 0.1) is 0 Å². The molecule has 5 heteroatoms. The van der Waals surface area contributed by atoms with Crippen molar-refractivity contribution in [1.29, 1.82) is 0 Å². The van der Waals surface area contributed by atoms with Crippen LogP contribution in [-0.4, -0.2) is 26.7 Å². The van der Waals surface area contributed by atoms with Crippen LogP contribution < -0.4 is 5.32 Å². The monoisotopic (exact) mass is 260 g/mol. The van der Waals surface area contributed by atoms with Gasteiger partial charge in [-0.05, 0) is 32.6 Å². The Morgan fingerprint density at radius 2 is 2.26 bits per heavy atom. The van der Waals surface area contributed by atoms with Gasteiger partial charge in [-0.25, -0.2) is 0 Å². The first-order valence-corrected chi connectivity index (χ1v) is 7.08. The molecule has 2 aliphatic rings. The summed E-state index contributed by atoms with van der Waals surface area (Å²) in [5.74, 6) is 2.36. The van der Waals surface area contributed by atoms with Crippen molar-refractivity contribution in [1.82, 2.24) is 20.1 Å². The van der Waals surface area contributed by atoms with Gasteiger partial charge in [0.2, 0.25) is 5.91 Å². The maximum absolute atomic E-state index is 12.2. The Morgan fingerprint density at radius 3 is 3.05 bits per heavy atom. The molecule has 1 N–H and O–H groups in total. The number of amides is 1. The number of hydrogen-bond acceptors (Lipinski definition) is 3. The van der Waals surface area contributed by atoms with Crippen LogP contribution in [0.3, 0.4) is 0 Å². The van der Waals surface area contributed by atoms with Crippen LogP contribution in [0.4, 0.5) is 0 Å². The Bertz CT molecular complexity index is 506. The van der Waals surface area contributed by atoms with Crippen LogP contribution in [0.5, 0.6) is 0 Å². The van der Waals surface area contributed by atoms with Gasteiger partial charge in [0.1, 0.15) is 11.6 Å². The summed E-state index contributed by atoms with van der Waals surface area (Å²) in [6.45, 7) is 2.77. The highest BCUT2D eigenvalue weighted by Gasteiger charge is 2.25. The second kappa shape index (κ2) is 5.15. The number of aryl methyl sites for hydroxylation is 2. The van der Waals surface area contributed by atoms with E-state index in [1.54, 1.807) is 0 Å². The van der Waals surface area contributed by atoms with Crippen LogP contribution in [0.1, 0.15) is 37.3 Å². The highest BCUT2D eigenvalue weighted by molar-refractivity contribution is 5.79. The number of allylic oxidation sites excluding steroid dienone is 2. The van der Waals surface area contributed by atoms with Gasteiger partial charge in [-0.2, -0.15) is 0 Å². The number of nitrogens with one attached hydrogen (secondary N) is 1. The molecule has 1 amide bonds. The third-order valence-corrected chi connectivity index (χ3v) is 4.12. The average molecular weight is 260 g/mol. The van der Waals surface area contributed by atoms with Crippen LogP contribution in [0.15, 0.2) is 12.2 Å². The molecular formula is C14H20N4O. The van der Waals surface area contributed by atoms with Gasteiger partial charge >= 0.3 is 0 Å². The van der Waals surface area contributed by atoms with Crippen LogP contribution >= 0.6 is 0 Å². The van der Waals surface area contributed by atoms with Gasteiger partial charge in [0.15, 0.2) is 0 Å². The Balaban J connectivity index is 1.61. The van der Waals surface area contributed by atoms with Gasteiger partial charge in [0, 0.05) is 24.9 Å². The number of rotatable bonds is 2. The second-order valence-electron chi connectivity index (χ2n) is 5.50. The predicted octanol–water partition coefficient (Wildman–Crippen LogP) is 1.37. The highest BCUT2D eigenvalue weighted by Crippen LogP contribution is 2.20. The Kier molecular flexibility index (Phi) is 3.36. The molecule has 0 saturated carbocycles. The summed E-state index contributed by atoms with van der Waals surface area (Å²) in [5.41, 5.74) is 0. The highest BCUT2D eigenvalue weighted by atomic mass is 16.1. The number of fused-ring (bicyclic) bond motifs is 1. The van der Waals surface area contributed by atoms with Gasteiger partial charge in [-0.15, -0.1) is 10.2 Å². The average Bonchev–Trinajstić information content (AvgIpc) is 2.81. The standard InChI is InChI=1S/C14H20N4O/c1-10-16-17-13-8-7-12(9-18(10)13)15-14(19)11-5-3-2-4-6-11/h2-3,11-12H,4-9H2,1H3,(H,15,19). The molecule has 2 unspecified atom stereocenters. The molecule has 5 nitrogen and oxygen atoms in total. The third kappa shape index (κ3) is 2.55. The fourth-order valence-corrected chi connectivity index (χ4v) is 2.93. The van der Waals surface area contributed by atoms with Crippen LogP contribution in [0, 0.1) is 12.8 Å². The van der Waals surface area contributed by atoms with Gasteiger partial charge < -0.3 is 9.88 Å². The van der Waals surface area contributed by atoms with Crippen molar-refractivity contribution in [3.05, 3.63) is 23.8 Å². The van der Waals surface area contributed by atoms with E-state index in [-0.39, 0.29) is 17.9 Å². The Morgan fingerprint density at radius 1 is 1.37 bits per heavy atom. The SMILES string of the molecule is Cc1nnc2n1CC(NC(=O)C1CC=CCC1)CC2. The van der Waals surface area contributed by atoms with E-state index in [9.17, 15) is 4.79 Å². The molecule has 0 spiro atoms. The van der Waals surface area contributed by atoms with Crippen molar-refractivity contribution in [2.45, 2.75) is 51.6 Å². The molecule has 1 aromatic rings. The lowest BCUT2D eigenvalue weighted by Gasteiger charge is -2.27. The van der Waals surface area contributed by atoms with Gasteiger partial charge in [0.25, 0.3) is 0 Å². The van der Waals surface area contributed by atoms with E-state index in [0.717, 1.165) is 50.3 Å². The van der Waals surface area contributed by atoms with E-state index in [1.807, 2.05) is 6.92 Å². The predicted molar refractivity (Wildman–Crippen MR) is 71.5 cm³/mol. The Labute approximate surface area is 113 Å². The summed E-state index contributed by atoms with van der Waals surface area (Å²) in [5, 5.41) is 11.4. The van der Waals surface area contributed by atoms with Crippen LogP contribution in [0.25, 0.3) is 0 Å². The smallest absolute Gasteiger partial charge is 0.223 e. The lowest BCUT2D eigenvalue weighted by atomic mass is 9.93. The minimum absolute atomic E-state index is 0.161. The first-order valence-electron chi connectivity index (χ1n) is 7.08. The van der Waals surface area contributed by atoms with E-state index in [0.29, 0.717) is 0 Å². The van der Waals surface area contributed by atoms with Crippen molar-refractivity contribution in [2.75, 3.05) is 0 Å². The fraction of sp³-hybridized carbons (Fsp3) is 0.643. The maximum Gasteiger partial charge on any atom is 0.223 e. The second-order valence-corrected chi connectivity index (χ2v) is 5.50. The van der Waals surface area contributed by atoms with Gasteiger partial charge in [-0.3, -0.25) is 4.79 Å². The molecule has 0 fully saturated rings. The van der Waals surface area contributed by atoms with Crippen LogP contribution in [0.2, 0.25) is 0 Å². The number of carbonyl (C=O) groups is 1. The molecule has 1 aromatic heterocycles. The summed E-state index contributed by atoms with van der Waals surface area (Å²) in [6, 6.07) is 0.223. The molecule has 2 atom stereocenters. The van der Waals surface area contributed by atoms with Crippen molar-refractivity contribution < 1.29 is 4.79 Å². The molecule has 102 valence electrons. The van der Waals surface area contributed by atoms with Crippen molar-refractivity contribution >= 4 is 5.91 Å². The number of aromatic nitrogens is 3. The summed E-state index contributed by atoms with van der Waals surface area (Å²) in [7, 11) is 0. The molecular weight excluding hydrogens is 240 g/mol. The zero-order valence-corrected chi connectivity index (χ0v) is 11.3. The van der Waals surface area contributed by atoms with Crippen molar-refractivity contribution in [3.8, 4) is 0 Å². The number of nitrogens with zero attached hydrogens (tertiary/aromatic N) is 3. The summed E-state index contributed by atoms with van der Waals surface area (Å²) in [6.07, 6.45) is 9.04. The topological polar surface area (TPSA) is 59.8 Å². The lowest BCUT2D eigenvalue weighted by molar-refractivity contribution is -0.126. The molecule has 19 heavy (non-hydrogen) atoms. The summed E-state index contributed by atoms with van der Waals surface area (Å²) in [4.78, 5) is 12.2. The number of carbonyl (C=O) groups excluding carboxylic acids is 1. The zero-order chi connectivity index (χ0) is 13.2. The normalized spacial score (nSPS) is 25.9. The van der Waals surface area contributed by atoms with Crippen molar-refractivity contribution in [3.63, 3.8) is 0 Å². The molecule has 3 rings (SSSR count). The van der Waals surface area contributed by atoms with Gasteiger partial charge in [-0.1, -0.05) is 12.2 Å². The maximum atomic E-state index is 12.2. The van der Waals surface area contributed by atoms with E-state index in [4.69, 9.17) is 0 Å².